The van der Waals surface area contributed by atoms with Crippen LogP contribution in [0.2, 0.25) is 0 Å². The van der Waals surface area contributed by atoms with Crippen molar-refractivity contribution in [3.8, 4) is 0 Å². The Labute approximate surface area is 101 Å². The molecule has 1 N–H and O–H groups in total. The van der Waals surface area contributed by atoms with Gasteiger partial charge in [0.1, 0.15) is 0 Å². The summed E-state index contributed by atoms with van der Waals surface area (Å²) in [7, 11) is 0. The Kier molecular flexibility index (Phi) is 5.73. The predicted octanol–water partition coefficient (Wildman–Crippen LogP) is 1.88. The van der Waals surface area contributed by atoms with Crippen LogP contribution in [0.1, 0.15) is 40.5 Å². The molecule has 96 valence electrons. The zero-order valence-corrected chi connectivity index (χ0v) is 11.4. The van der Waals surface area contributed by atoms with E-state index in [0.717, 1.165) is 32.8 Å². The van der Waals surface area contributed by atoms with E-state index >= 15 is 0 Å². The highest BCUT2D eigenvalue weighted by molar-refractivity contribution is 4.82. The lowest BCUT2D eigenvalue weighted by molar-refractivity contribution is -0.0958. The zero-order valence-electron chi connectivity index (χ0n) is 11.4. The SMILES string of the molecule is CCCNCCC(C)N1CCOC(C)(C)C1. The minimum atomic E-state index is 0.0311. The van der Waals surface area contributed by atoms with Crippen LogP contribution >= 0.6 is 0 Å². The Morgan fingerprint density at radius 3 is 2.75 bits per heavy atom. The maximum atomic E-state index is 5.73. The molecule has 1 unspecified atom stereocenters. The number of morpholine rings is 1. The molecule has 1 saturated heterocycles. The standard InChI is InChI=1S/C13H28N2O/c1-5-7-14-8-6-12(2)15-9-10-16-13(3,4)11-15/h12,14H,5-11H2,1-4H3. The van der Waals surface area contributed by atoms with Crippen LogP contribution in [0, 0.1) is 0 Å². The summed E-state index contributed by atoms with van der Waals surface area (Å²) in [5, 5.41) is 3.47. The lowest BCUT2D eigenvalue weighted by atomic mass is 10.0. The van der Waals surface area contributed by atoms with Gasteiger partial charge in [0, 0.05) is 19.1 Å². The predicted molar refractivity (Wildman–Crippen MR) is 68.8 cm³/mol. The topological polar surface area (TPSA) is 24.5 Å². The van der Waals surface area contributed by atoms with E-state index in [0.29, 0.717) is 6.04 Å². The van der Waals surface area contributed by atoms with Crippen LogP contribution in [0.3, 0.4) is 0 Å². The number of nitrogens with one attached hydrogen (secondary N) is 1. The lowest BCUT2D eigenvalue weighted by Crippen LogP contribution is -2.51. The van der Waals surface area contributed by atoms with Crippen molar-refractivity contribution in [2.75, 3.05) is 32.8 Å². The van der Waals surface area contributed by atoms with Gasteiger partial charge < -0.3 is 10.1 Å². The highest BCUT2D eigenvalue weighted by Gasteiger charge is 2.29. The fourth-order valence-corrected chi connectivity index (χ4v) is 2.22. The van der Waals surface area contributed by atoms with E-state index in [1.165, 1.54) is 12.8 Å². The van der Waals surface area contributed by atoms with E-state index in [2.05, 4.69) is 37.9 Å². The summed E-state index contributed by atoms with van der Waals surface area (Å²) in [5.74, 6) is 0. The van der Waals surface area contributed by atoms with Crippen molar-refractivity contribution in [1.82, 2.24) is 10.2 Å². The number of hydrogen-bond donors (Lipinski definition) is 1. The van der Waals surface area contributed by atoms with E-state index in [4.69, 9.17) is 4.74 Å². The Bertz CT molecular complexity index is 194. The average Bonchev–Trinajstić information content (AvgIpc) is 2.22. The second kappa shape index (κ2) is 6.58. The van der Waals surface area contributed by atoms with Gasteiger partial charge >= 0.3 is 0 Å². The molecule has 1 rings (SSSR count). The second-order valence-electron chi connectivity index (χ2n) is 5.47. The summed E-state index contributed by atoms with van der Waals surface area (Å²) in [6, 6.07) is 0.660. The number of hydrogen-bond acceptors (Lipinski definition) is 3. The summed E-state index contributed by atoms with van der Waals surface area (Å²) >= 11 is 0. The fourth-order valence-electron chi connectivity index (χ4n) is 2.22. The van der Waals surface area contributed by atoms with Crippen molar-refractivity contribution in [1.29, 1.82) is 0 Å². The number of ether oxygens (including phenoxy) is 1. The Morgan fingerprint density at radius 1 is 1.38 bits per heavy atom. The molecule has 1 aliphatic rings. The average molecular weight is 228 g/mol. The minimum absolute atomic E-state index is 0.0311. The Morgan fingerprint density at radius 2 is 2.12 bits per heavy atom. The molecule has 0 saturated carbocycles. The van der Waals surface area contributed by atoms with Crippen molar-refractivity contribution in [2.45, 2.75) is 52.2 Å². The van der Waals surface area contributed by atoms with Gasteiger partial charge in [-0.3, -0.25) is 4.90 Å². The maximum absolute atomic E-state index is 5.73. The van der Waals surface area contributed by atoms with Crippen LogP contribution in [0.5, 0.6) is 0 Å². The van der Waals surface area contributed by atoms with Crippen molar-refractivity contribution >= 4 is 0 Å². The Balaban J connectivity index is 2.22. The van der Waals surface area contributed by atoms with Crippen LogP contribution in [-0.4, -0.2) is 49.3 Å². The molecule has 0 amide bonds. The van der Waals surface area contributed by atoms with Gasteiger partial charge in [0.15, 0.2) is 0 Å². The summed E-state index contributed by atoms with van der Waals surface area (Å²) in [4.78, 5) is 2.55. The van der Waals surface area contributed by atoms with Crippen LogP contribution < -0.4 is 5.32 Å². The first kappa shape index (κ1) is 13.9. The molecule has 0 aromatic rings. The normalized spacial score (nSPS) is 23.2. The highest BCUT2D eigenvalue weighted by atomic mass is 16.5. The van der Waals surface area contributed by atoms with E-state index in [9.17, 15) is 0 Å². The van der Waals surface area contributed by atoms with Gasteiger partial charge in [-0.05, 0) is 46.7 Å². The van der Waals surface area contributed by atoms with Crippen LogP contribution in [0.15, 0.2) is 0 Å². The van der Waals surface area contributed by atoms with E-state index < -0.39 is 0 Å². The van der Waals surface area contributed by atoms with E-state index in [-0.39, 0.29) is 5.60 Å². The molecule has 1 heterocycles. The van der Waals surface area contributed by atoms with Gasteiger partial charge in [0.25, 0.3) is 0 Å². The van der Waals surface area contributed by atoms with Crippen molar-refractivity contribution in [3.63, 3.8) is 0 Å². The van der Waals surface area contributed by atoms with Gasteiger partial charge in [-0.1, -0.05) is 6.92 Å². The van der Waals surface area contributed by atoms with Crippen LogP contribution in [0.4, 0.5) is 0 Å². The molecule has 0 spiro atoms. The number of nitrogens with zero attached hydrogens (tertiary/aromatic N) is 1. The molecule has 0 bridgehead atoms. The molecule has 1 fully saturated rings. The van der Waals surface area contributed by atoms with Crippen LogP contribution in [0.25, 0.3) is 0 Å². The summed E-state index contributed by atoms with van der Waals surface area (Å²) < 4.78 is 5.73. The van der Waals surface area contributed by atoms with Gasteiger partial charge in [-0.2, -0.15) is 0 Å². The maximum Gasteiger partial charge on any atom is 0.0753 e. The first-order chi connectivity index (χ1) is 7.55. The first-order valence-electron chi connectivity index (χ1n) is 6.64. The smallest absolute Gasteiger partial charge is 0.0753 e. The third-order valence-corrected chi connectivity index (χ3v) is 3.24. The molecule has 3 nitrogen and oxygen atoms in total. The van der Waals surface area contributed by atoms with Crippen molar-refractivity contribution in [3.05, 3.63) is 0 Å². The molecular weight excluding hydrogens is 200 g/mol. The molecule has 0 aromatic carbocycles. The van der Waals surface area contributed by atoms with Gasteiger partial charge in [0.05, 0.1) is 12.2 Å². The zero-order chi connectivity index (χ0) is 12.0. The van der Waals surface area contributed by atoms with Crippen molar-refractivity contribution in [2.24, 2.45) is 0 Å². The van der Waals surface area contributed by atoms with Gasteiger partial charge in [-0.15, -0.1) is 0 Å². The largest absolute Gasteiger partial charge is 0.373 e. The molecule has 0 aromatic heterocycles. The van der Waals surface area contributed by atoms with Gasteiger partial charge in [0.2, 0.25) is 0 Å². The van der Waals surface area contributed by atoms with Crippen LogP contribution in [-0.2, 0) is 4.74 Å². The van der Waals surface area contributed by atoms with Crippen molar-refractivity contribution < 1.29 is 4.74 Å². The monoisotopic (exact) mass is 228 g/mol. The second-order valence-corrected chi connectivity index (χ2v) is 5.47. The minimum Gasteiger partial charge on any atom is -0.373 e. The molecule has 3 heteroatoms. The van der Waals surface area contributed by atoms with E-state index in [1.807, 2.05) is 0 Å². The molecule has 1 atom stereocenters. The fraction of sp³-hybridized carbons (Fsp3) is 1.00. The lowest BCUT2D eigenvalue weighted by Gasteiger charge is -2.41. The quantitative estimate of drug-likeness (QED) is 0.703. The third-order valence-electron chi connectivity index (χ3n) is 3.24. The molecular formula is C13H28N2O. The first-order valence-corrected chi connectivity index (χ1v) is 6.64. The summed E-state index contributed by atoms with van der Waals surface area (Å²) in [6.45, 7) is 14.2. The van der Waals surface area contributed by atoms with E-state index in [1.54, 1.807) is 0 Å². The summed E-state index contributed by atoms with van der Waals surface area (Å²) in [6.07, 6.45) is 2.45. The molecule has 1 aliphatic heterocycles. The summed E-state index contributed by atoms with van der Waals surface area (Å²) in [5.41, 5.74) is 0.0311. The molecule has 0 aliphatic carbocycles. The Hall–Kier alpha value is -0.120. The third kappa shape index (κ3) is 4.81. The molecule has 16 heavy (non-hydrogen) atoms. The molecule has 0 radical (unpaired) electrons. The highest BCUT2D eigenvalue weighted by Crippen LogP contribution is 2.19. The van der Waals surface area contributed by atoms with Gasteiger partial charge in [-0.25, -0.2) is 0 Å². The number of rotatable bonds is 6.